The van der Waals surface area contributed by atoms with Crippen LogP contribution in [-0.2, 0) is 6.42 Å². The largest absolute Gasteiger partial charge is 0.451 e. The van der Waals surface area contributed by atoms with Crippen LogP contribution in [0.5, 0.6) is 0 Å². The highest BCUT2D eigenvalue weighted by Gasteiger charge is 2.12. The highest BCUT2D eigenvalue weighted by atomic mass is 16.3. The summed E-state index contributed by atoms with van der Waals surface area (Å²) in [7, 11) is 0. The Morgan fingerprint density at radius 1 is 1.14 bits per heavy atom. The Morgan fingerprint density at radius 2 is 1.96 bits per heavy atom. The average molecular weight is 373 g/mol. The molecule has 0 bridgehead atoms. The third-order valence-electron chi connectivity index (χ3n) is 4.51. The van der Waals surface area contributed by atoms with Gasteiger partial charge < -0.3 is 9.73 Å². The molecule has 6 nitrogen and oxygen atoms in total. The molecule has 0 fully saturated rings. The van der Waals surface area contributed by atoms with Crippen LogP contribution < -0.4 is 10.7 Å². The van der Waals surface area contributed by atoms with Crippen LogP contribution >= 0.6 is 0 Å². The van der Waals surface area contributed by atoms with E-state index in [1.165, 1.54) is 6.07 Å². The first-order valence-corrected chi connectivity index (χ1v) is 9.02. The lowest BCUT2D eigenvalue weighted by atomic mass is 10.1. The second-order valence-electron chi connectivity index (χ2n) is 6.60. The van der Waals surface area contributed by atoms with Crippen molar-refractivity contribution in [2.75, 3.05) is 6.54 Å². The molecule has 0 atom stereocenters. The van der Waals surface area contributed by atoms with Gasteiger partial charge in [-0.15, -0.1) is 0 Å². The number of hydrogen-bond acceptors (Lipinski definition) is 4. The minimum atomic E-state index is -0.396. The normalized spacial score (nSPS) is 10.9. The molecule has 4 aromatic rings. The van der Waals surface area contributed by atoms with Gasteiger partial charge in [-0.3, -0.25) is 9.59 Å². The fourth-order valence-electron chi connectivity index (χ4n) is 3.03. The highest BCUT2D eigenvalue weighted by Crippen LogP contribution is 2.14. The second-order valence-corrected chi connectivity index (χ2v) is 6.60. The van der Waals surface area contributed by atoms with E-state index in [1.54, 1.807) is 23.0 Å². The third-order valence-corrected chi connectivity index (χ3v) is 4.51. The zero-order valence-electron chi connectivity index (χ0n) is 15.4. The van der Waals surface area contributed by atoms with E-state index in [1.807, 2.05) is 49.5 Å². The van der Waals surface area contributed by atoms with Crippen LogP contribution in [-0.4, -0.2) is 22.2 Å². The first-order chi connectivity index (χ1) is 13.6. The van der Waals surface area contributed by atoms with Crippen molar-refractivity contribution in [3.05, 3.63) is 94.1 Å². The van der Waals surface area contributed by atoms with Gasteiger partial charge in [-0.2, -0.15) is 5.10 Å². The maximum atomic E-state index is 12.4. The SMILES string of the molecule is Cc1ccc2oc(C(=O)NCCc3ccc(-n4cccn4)cc3)cc(=O)c2c1. The fourth-order valence-corrected chi connectivity index (χ4v) is 3.03. The molecular weight excluding hydrogens is 354 g/mol. The van der Waals surface area contributed by atoms with Crippen molar-refractivity contribution in [1.29, 1.82) is 0 Å². The van der Waals surface area contributed by atoms with E-state index in [0.717, 1.165) is 16.8 Å². The monoisotopic (exact) mass is 373 g/mol. The summed E-state index contributed by atoms with van der Waals surface area (Å²) in [5.41, 5.74) is 3.23. The number of rotatable bonds is 5. The summed E-state index contributed by atoms with van der Waals surface area (Å²) >= 11 is 0. The van der Waals surface area contributed by atoms with E-state index in [0.29, 0.717) is 23.9 Å². The molecule has 2 heterocycles. The minimum Gasteiger partial charge on any atom is -0.451 e. The molecule has 0 unspecified atom stereocenters. The molecule has 2 aromatic carbocycles. The van der Waals surface area contributed by atoms with Gasteiger partial charge in [-0.25, -0.2) is 4.68 Å². The van der Waals surface area contributed by atoms with E-state index < -0.39 is 5.91 Å². The van der Waals surface area contributed by atoms with Crippen LogP contribution in [0.2, 0.25) is 0 Å². The zero-order valence-corrected chi connectivity index (χ0v) is 15.4. The molecule has 140 valence electrons. The molecule has 4 rings (SSSR count). The van der Waals surface area contributed by atoms with Gasteiger partial charge in [-0.05, 0) is 49.2 Å². The molecule has 0 saturated carbocycles. The predicted octanol–water partition coefficient (Wildman–Crippen LogP) is 3.26. The minimum absolute atomic E-state index is 0.0235. The standard InChI is InChI=1S/C22H19N3O3/c1-15-3-8-20-18(13-15)19(26)14-21(28-20)22(27)23-11-9-16-4-6-17(7-5-16)25-12-2-10-24-25/h2-8,10,12-14H,9,11H2,1H3,(H,23,27). The molecule has 0 saturated heterocycles. The summed E-state index contributed by atoms with van der Waals surface area (Å²) in [4.78, 5) is 24.6. The molecule has 6 heteroatoms. The van der Waals surface area contributed by atoms with Crippen LogP contribution in [0.25, 0.3) is 16.7 Å². The Labute approximate surface area is 161 Å². The number of carbonyl (C=O) groups is 1. The van der Waals surface area contributed by atoms with Crippen LogP contribution in [0, 0.1) is 6.92 Å². The molecule has 0 spiro atoms. The topological polar surface area (TPSA) is 77.1 Å². The van der Waals surface area contributed by atoms with Gasteiger partial charge >= 0.3 is 0 Å². The summed E-state index contributed by atoms with van der Waals surface area (Å²) < 4.78 is 7.38. The maximum absolute atomic E-state index is 12.4. The molecule has 2 aromatic heterocycles. The van der Waals surface area contributed by atoms with Crippen LogP contribution in [0.4, 0.5) is 0 Å². The molecule has 1 amide bonds. The quantitative estimate of drug-likeness (QED) is 0.582. The summed E-state index contributed by atoms with van der Waals surface area (Å²) in [5.74, 6) is -0.372. The van der Waals surface area contributed by atoms with E-state index >= 15 is 0 Å². The smallest absolute Gasteiger partial charge is 0.287 e. The van der Waals surface area contributed by atoms with E-state index in [9.17, 15) is 9.59 Å². The van der Waals surface area contributed by atoms with E-state index in [2.05, 4.69) is 10.4 Å². The van der Waals surface area contributed by atoms with Gasteiger partial charge in [0, 0.05) is 25.0 Å². The summed E-state index contributed by atoms with van der Waals surface area (Å²) in [6.45, 7) is 2.34. The number of benzene rings is 2. The van der Waals surface area contributed by atoms with Crippen molar-refractivity contribution in [2.24, 2.45) is 0 Å². The zero-order chi connectivity index (χ0) is 19.5. The lowest BCUT2D eigenvalue weighted by molar-refractivity contribution is 0.0927. The van der Waals surface area contributed by atoms with E-state index in [-0.39, 0.29) is 11.2 Å². The van der Waals surface area contributed by atoms with Crippen molar-refractivity contribution in [3.8, 4) is 5.69 Å². The Balaban J connectivity index is 1.40. The number of carbonyl (C=O) groups excluding carboxylic acids is 1. The molecule has 0 aliphatic rings. The van der Waals surface area contributed by atoms with Crippen molar-refractivity contribution >= 4 is 16.9 Å². The molecule has 28 heavy (non-hydrogen) atoms. The van der Waals surface area contributed by atoms with Crippen molar-refractivity contribution < 1.29 is 9.21 Å². The number of amides is 1. The number of hydrogen-bond donors (Lipinski definition) is 1. The third kappa shape index (κ3) is 3.71. The number of aryl methyl sites for hydroxylation is 1. The first-order valence-electron chi connectivity index (χ1n) is 9.02. The van der Waals surface area contributed by atoms with Gasteiger partial charge in [0.05, 0.1) is 11.1 Å². The fraction of sp³-hybridized carbons (Fsp3) is 0.136. The number of nitrogens with zero attached hydrogens (tertiary/aromatic N) is 2. The molecular formula is C22H19N3O3. The number of aromatic nitrogens is 2. The van der Waals surface area contributed by atoms with Gasteiger partial charge in [0.2, 0.25) is 0 Å². The predicted molar refractivity (Wildman–Crippen MR) is 107 cm³/mol. The Kier molecular flexibility index (Phi) is 4.76. The van der Waals surface area contributed by atoms with Gasteiger partial charge in [0.1, 0.15) is 5.58 Å². The summed E-state index contributed by atoms with van der Waals surface area (Å²) in [6, 6.07) is 16.4. The molecule has 0 aliphatic heterocycles. The lowest BCUT2D eigenvalue weighted by Crippen LogP contribution is -2.26. The van der Waals surface area contributed by atoms with Crippen molar-refractivity contribution in [3.63, 3.8) is 0 Å². The second kappa shape index (κ2) is 7.52. The average Bonchev–Trinajstić information content (AvgIpc) is 3.23. The molecule has 1 N–H and O–H groups in total. The highest BCUT2D eigenvalue weighted by molar-refractivity contribution is 5.93. The maximum Gasteiger partial charge on any atom is 0.287 e. The molecule has 0 aliphatic carbocycles. The van der Waals surface area contributed by atoms with Crippen molar-refractivity contribution in [2.45, 2.75) is 13.3 Å². The van der Waals surface area contributed by atoms with E-state index in [4.69, 9.17) is 4.42 Å². The van der Waals surface area contributed by atoms with Crippen LogP contribution in [0.15, 0.2) is 76.2 Å². The number of nitrogens with one attached hydrogen (secondary N) is 1. The van der Waals surface area contributed by atoms with Gasteiger partial charge in [-0.1, -0.05) is 23.8 Å². The lowest BCUT2D eigenvalue weighted by Gasteiger charge is -2.07. The number of fused-ring (bicyclic) bond motifs is 1. The van der Waals surface area contributed by atoms with Crippen LogP contribution in [0.1, 0.15) is 21.7 Å². The van der Waals surface area contributed by atoms with Gasteiger partial charge in [0.25, 0.3) is 5.91 Å². The Bertz CT molecular complexity index is 1180. The van der Waals surface area contributed by atoms with Crippen molar-refractivity contribution in [1.82, 2.24) is 15.1 Å². The Morgan fingerprint density at radius 3 is 2.71 bits per heavy atom. The first kappa shape index (κ1) is 17.7. The molecule has 0 radical (unpaired) electrons. The Hall–Kier alpha value is -3.67. The summed E-state index contributed by atoms with van der Waals surface area (Å²) in [5, 5.41) is 7.48. The van der Waals surface area contributed by atoms with Gasteiger partial charge in [0.15, 0.2) is 11.2 Å². The summed E-state index contributed by atoms with van der Waals surface area (Å²) in [6.07, 6.45) is 4.28. The van der Waals surface area contributed by atoms with Crippen LogP contribution in [0.3, 0.4) is 0 Å².